The standard InChI is InChI=1S/C17H21ClFN3O2/c1-4-22-11(3)13(10(2)21-22)8-16(24)20-15(9-23)12-6-5-7-14(18)17(12)19/h5-7,15,23H,4,8-9H2,1-3H3,(H,20,24). The molecule has 0 saturated heterocycles. The molecule has 1 atom stereocenters. The van der Waals surface area contributed by atoms with Gasteiger partial charge in [-0.25, -0.2) is 4.39 Å². The minimum Gasteiger partial charge on any atom is -0.394 e. The Labute approximate surface area is 145 Å². The summed E-state index contributed by atoms with van der Waals surface area (Å²) in [4.78, 5) is 12.3. The number of rotatable bonds is 6. The Bertz CT molecular complexity index is 746. The fourth-order valence-corrected chi connectivity index (χ4v) is 2.90. The van der Waals surface area contributed by atoms with Crippen molar-refractivity contribution in [3.8, 4) is 0 Å². The first kappa shape index (κ1) is 18.4. The van der Waals surface area contributed by atoms with Crippen LogP contribution in [0.2, 0.25) is 5.02 Å². The first-order chi connectivity index (χ1) is 11.4. The van der Waals surface area contributed by atoms with Crippen molar-refractivity contribution in [3.63, 3.8) is 0 Å². The zero-order chi connectivity index (χ0) is 17.9. The van der Waals surface area contributed by atoms with Crippen LogP contribution in [-0.4, -0.2) is 27.4 Å². The summed E-state index contributed by atoms with van der Waals surface area (Å²) in [5.74, 6) is -0.944. The minimum absolute atomic E-state index is 0.0453. The number of halogens is 2. The number of benzene rings is 1. The van der Waals surface area contributed by atoms with Crippen LogP contribution >= 0.6 is 11.6 Å². The van der Waals surface area contributed by atoms with Gasteiger partial charge in [0.1, 0.15) is 5.82 Å². The van der Waals surface area contributed by atoms with Crippen molar-refractivity contribution in [1.82, 2.24) is 15.1 Å². The van der Waals surface area contributed by atoms with E-state index in [1.54, 1.807) is 6.07 Å². The third-order valence-electron chi connectivity index (χ3n) is 4.04. The normalized spacial score (nSPS) is 12.2. The molecular weight excluding hydrogens is 333 g/mol. The number of hydrogen-bond donors (Lipinski definition) is 2. The molecular formula is C17H21ClFN3O2. The van der Waals surface area contributed by atoms with E-state index in [2.05, 4.69) is 10.4 Å². The van der Waals surface area contributed by atoms with E-state index in [4.69, 9.17) is 11.6 Å². The van der Waals surface area contributed by atoms with Crippen LogP contribution in [0.4, 0.5) is 4.39 Å². The van der Waals surface area contributed by atoms with Gasteiger partial charge in [-0.1, -0.05) is 23.7 Å². The smallest absolute Gasteiger partial charge is 0.225 e. The number of carbonyl (C=O) groups excluding carboxylic acids is 1. The zero-order valence-corrected chi connectivity index (χ0v) is 14.7. The van der Waals surface area contributed by atoms with Gasteiger partial charge in [-0.05, 0) is 26.8 Å². The van der Waals surface area contributed by atoms with Crippen molar-refractivity contribution in [1.29, 1.82) is 0 Å². The van der Waals surface area contributed by atoms with Gasteiger partial charge in [0.05, 0.1) is 29.8 Å². The molecule has 2 aromatic rings. The molecule has 5 nitrogen and oxygen atoms in total. The Morgan fingerprint density at radius 1 is 1.46 bits per heavy atom. The van der Waals surface area contributed by atoms with Crippen LogP contribution in [0.3, 0.4) is 0 Å². The van der Waals surface area contributed by atoms with Crippen LogP contribution in [0.25, 0.3) is 0 Å². The van der Waals surface area contributed by atoms with Gasteiger partial charge in [-0.2, -0.15) is 5.10 Å². The number of nitrogens with zero attached hydrogens (tertiary/aromatic N) is 2. The largest absolute Gasteiger partial charge is 0.394 e. The monoisotopic (exact) mass is 353 g/mol. The summed E-state index contributed by atoms with van der Waals surface area (Å²) in [5, 5.41) is 16.5. The van der Waals surface area contributed by atoms with E-state index in [1.165, 1.54) is 12.1 Å². The van der Waals surface area contributed by atoms with Crippen molar-refractivity contribution in [2.75, 3.05) is 6.61 Å². The second-order valence-corrected chi connectivity index (χ2v) is 5.99. The number of aromatic nitrogens is 2. The molecule has 24 heavy (non-hydrogen) atoms. The molecule has 2 N–H and O–H groups in total. The van der Waals surface area contributed by atoms with Gasteiger partial charge < -0.3 is 10.4 Å². The first-order valence-electron chi connectivity index (χ1n) is 7.76. The van der Waals surface area contributed by atoms with Crippen molar-refractivity contribution in [2.24, 2.45) is 0 Å². The average molecular weight is 354 g/mol. The topological polar surface area (TPSA) is 67.2 Å². The fourth-order valence-electron chi connectivity index (χ4n) is 2.71. The molecule has 0 aliphatic rings. The lowest BCUT2D eigenvalue weighted by Crippen LogP contribution is -2.32. The second-order valence-electron chi connectivity index (χ2n) is 5.59. The van der Waals surface area contributed by atoms with E-state index >= 15 is 0 Å². The lowest BCUT2D eigenvalue weighted by atomic mass is 10.1. The molecule has 0 spiro atoms. The molecule has 0 aliphatic carbocycles. The Morgan fingerprint density at radius 3 is 2.75 bits per heavy atom. The number of nitrogens with one attached hydrogen (secondary N) is 1. The lowest BCUT2D eigenvalue weighted by Gasteiger charge is -2.18. The summed E-state index contributed by atoms with van der Waals surface area (Å²) in [7, 11) is 0. The third kappa shape index (κ3) is 3.76. The second kappa shape index (κ2) is 7.77. The maximum atomic E-state index is 14.1. The highest BCUT2D eigenvalue weighted by molar-refractivity contribution is 6.30. The summed E-state index contributed by atoms with van der Waals surface area (Å²) < 4.78 is 15.9. The molecule has 1 aromatic heterocycles. The molecule has 7 heteroatoms. The highest BCUT2D eigenvalue weighted by atomic mass is 35.5. The molecule has 1 heterocycles. The highest BCUT2D eigenvalue weighted by Gasteiger charge is 2.21. The van der Waals surface area contributed by atoms with E-state index in [1.807, 2.05) is 25.5 Å². The van der Waals surface area contributed by atoms with Crippen LogP contribution < -0.4 is 5.32 Å². The number of amides is 1. The number of aliphatic hydroxyl groups excluding tert-OH is 1. The number of aryl methyl sites for hydroxylation is 2. The van der Waals surface area contributed by atoms with Crippen molar-refractivity contribution in [2.45, 2.75) is 39.8 Å². The molecule has 2 rings (SSSR count). The number of aliphatic hydroxyl groups is 1. The maximum absolute atomic E-state index is 14.1. The van der Waals surface area contributed by atoms with Crippen LogP contribution in [-0.2, 0) is 17.8 Å². The molecule has 0 radical (unpaired) electrons. The van der Waals surface area contributed by atoms with Crippen LogP contribution in [0.1, 0.15) is 35.5 Å². The number of hydrogen-bond acceptors (Lipinski definition) is 3. The Balaban J connectivity index is 2.16. The van der Waals surface area contributed by atoms with Crippen molar-refractivity contribution < 1.29 is 14.3 Å². The van der Waals surface area contributed by atoms with E-state index in [-0.39, 0.29) is 22.9 Å². The highest BCUT2D eigenvalue weighted by Crippen LogP contribution is 2.23. The van der Waals surface area contributed by atoms with E-state index in [9.17, 15) is 14.3 Å². The fraction of sp³-hybridized carbons (Fsp3) is 0.412. The Morgan fingerprint density at radius 2 is 2.17 bits per heavy atom. The summed E-state index contributed by atoms with van der Waals surface area (Å²) >= 11 is 5.76. The Hall–Kier alpha value is -1.92. The van der Waals surface area contributed by atoms with E-state index < -0.39 is 18.5 Å². The predicted molar refractivity (Wildman–Crippen MR) is 90.5 cm³/mol. The van der Waals surface area contributed by atoms with E-state index in [0.717, 1.165) is 23.5 Å². The van der Waals surface area contributed by atoms with Gasteiger partial charge in [0.2, 0.25) is 5.91 Å². The Kier molecular flexibility index (Phi) is 5.96. The van der Waals surface area contributed by atoms with Crippen LogP contribution in [0, 0.1) is 19.7 Å². The van der Waals surface area contributed by atoms with Gasteiger partial charge in [0.15, 0.2) is 0 Å². The van der Waals surface area contributed by atoms with Gasteiger partial charge in [0.25, 0.3) is 0 Å². The van der Waals surface area contributed by atoms with Crippen molar-refractivity contribution in [3.05, 3.63) is 51.6 Å². The molecule has 0 fully saturated rings. The summed E-state index contributed by atoms with van der Waals surface area (Å²) in [5.41, 5.74) is 2.73. The van der Waals surface area contributed by atoms with Crippen molar-refractivity contribution >= 4 is 17.5 Å². The SMILES string of the molecule is CCn1nc(C)c(CC(=O)NC(CO)c2cccc(Cl)c2F)c1C. The quantitative estimate of drug-likeness (QED) is 0.839. The maximum Gasteiger partial charge on any atom is 0.225 e. The van der Waals surface area contributed by atoms with Crippen LogP contribution in [0.5, 0.6) is 0 Å². The third-order valence-corrected chi connectivity index (χ3v) is 4.33. The molecule has 1 unspecified atom stereocenters. The first-order valence-corrected chi connectivity index (χ1v) is 8.13. The van der Waals surface area contributed by atoms with Crippen LogP contribution in [0.15, 0.2) is 18.2 Å². The van der Waals surface area contributed by atoms with Gasteiger partial charge in [-0.15, -0.1) is 0 Å². The summed E-state index contributed by atoms with van der Waals surface area (Å²) in [6, 6.07) is 3.64. The zero-order valence-electron chi connectivity index (χ0n) is 13.9. The predicted octanol–water partition coefficient (Wildman–Crippen LogP) is 2.70. The van der Waals surface area contributed by atoms with Gasteiger partial charge in [0, 0.05) is 23.4 Å². The molecule has 1 aromatic carbocycles. The summed E-state index contributed by atoms with van der Waals surface area (Å²) in [6.45, 7) is 6.04. The average Bonchev–Trinajstić information content (AvgIpc) is 2.83. The number of carbonyl (C=O) groups is 1. The molecule has 0 bridgehead atoms. The minimum atomic E-state index is -0.849. The van der Waals surface area contributed by atoms with E-state index in [0.29, 0.717) is 0 Å². The van der Waals surface area contributed by atoms with Gasteiger partial charge >= 0.3 is 0 Å². The molecule has 0 aliphatic heterocycles. The lowest BCUT2D eigenvalue weighted by molar-refractivity contribution is -0.121. The van der Waals surface area contributed by atoms with Gasteiger partial charge in [-0.3, -0.25) is 9.48 Å². The molecule has 1 amide bonds. The molecule has 0 saturated carbocycles. The summed E-state index contributed by atoms with van der Waals surface area (Å²) in [6.07, 6.45) is 0.121. The molecule has 130 valence electrons.